The van der Waals surface area contributed by atoms with Gasteiger partial charge >= 0.3 is 0 Å². The van der Waals surface area contributed by atoms with Gasteiger partial charge in [0, 0.05) is 24.1 Å². The second-order valence-electron chi connectivity index (χ2n) is 7.52. The van der Waals surface area contributed by atoms with Gasteiger partial charge in [-0.1, -0.05) is 42.5 Å². The molecular weight excluding hydrogens is 416 g/mol. The number of amides is 2. The quantitative estimate of drug-likeness (QED) is 0.426. The summed E-state index contributed by atoms with van der Waals surface area (Å²) in [7, 11) is 1.61. The highest BCUT2D eigenvalue weighted by atomic mass is 16.5. The maximum absolute atomic E-state index is 12.4. The second-order valence-corrected chi connectivity index (χ2v) is 7.52. The van der Waals surface area contributed by atoms with E-state index in [2.05, 4.69) is 15.6 Å². The first kappa shape index (κ1) is 21.8. The maximum atomic E-state index is 12.4. The van der Waals surface area contributed by atoms with Crippen LogP contribution in [0.3, 0.4) is 0 Å². The molecule has 1 heterocycles. The fourth-order valence-corrected chi connectivity index (χ4v) is 3.32. The SMILES string of the molecule is COc1ccc(CC(=O)Nc2ccc(Cn3cnc(C(=O)Nc4ccccc4)c3)cc2)cc1. The molecule has 166 valence electrons. The molecule has 2 amide bonds. The number of imidazole rings is 1. The topological polar surface area (TPSA) is 85.2 Å². The number of nitrogens with zero attached hydrogens (tertiary/aromatic N) is 2. The number of anilines is 2. The highest BCUT2D eigenvalue weighted by Gasteiger charge is 2.10. The van der Waals surface area contributed by atoms with E-state index in [9.17, 15) is 9.59 Å². The Hall–Kier alpha value is -4.39. The standard InChI is InChI=1S/C26H24N4O3/c1-33-23-13-9-19(10-14-23)15-25(31)28-22-11-7-20(8-12-22)16-30-17-24(27-18-30)26(32)29-21-5-3-2-4-6-21/h2-14,17-18H,15-16H2,1H3,(H,28,31)(H,29,32). The van der Waals surface area contributed by atoms with E-state index in [4.69, 9.17) is 4.74 Å². The minimum Gasteiger partial charge on any atom is -0.497 e. The van der Waals surface area contributed by atoms with Crippen LogP contribution in [0.15, 0.2) is 91.4 Å². The van der Waals surface area contributed by atoms with E-state index in [0.29, 0.717) is 12.2 Å². The monoisotopic (exact) mass is 440 g/mol. The predicted octanol–water partition coefficient (Wildman–Crippen LogP) is 4.37. The Bertz CT molecular complexity index is 1220. The van der Waals surface area contributed by atoms with E-state index < -0.39 is 0 Å². The molecule has 0 fully saturated rings. The van der Waals surface area contributed by atoms with E-state index in [1.54, 1.807) is 19.6 Å². The van der Waals surface area contributed by atoms with Crippen LogP contribution in [0.1, 0.15) is 21.6 Å². The van der Waals surface area contributed by atoms with E-state index >= 15 is 0 Å². The second kappa shape index (κ2) is 10.3. The third-order valence-electron chi connectivity index (χ3n) is 5.02. The first-order chi connectivity index (χ1) is 16.1. The summed E-state index contributed by atoms with van der Waals surface area (Å²) in [5.74, 6) is 0.419. The van der Waals surface area contributed by atoms with Gasteiger partial charge in [-0.25, -0.2) is 4.98 Å². The summed E-state index contributed by atoms with van der Waals surface area (Å²) < 4.78 is 6.98. The molecule has 0 unspecified atom stereocenters. The van der Waals surface area contributed by atoms with E-state index in [0.717, 1.165) is 28.3 Å². The van der Waals surface area contributed by atoms with Gasteiger partial charge in [0.2, 0.25) is 5.91 Å². The minimum absolute atomic E-state index is 0.0865. The van der Waals surface area contributed by atoms with Crippen molar-refractivity contribution in [2.45, 2.75) is 13.0 Å². The number of benzene rings is 3. The van der Waals surface area contributed by atoms with Gasteiger partial charge in [0.15, 0.2) is 0 Å². The van der Waals surface area contributed by atoms with Gasteiger partial charge in [-0.3, -0.25) is 9.59 Å². The zero-order valence-corrected chi connectivity index (χ0v) is 18.2. The fraction of sp³-hybridized carbons (Fsp3) is 0.115. The van der Waals surface area contributed by atoms with Crippen LogP contribution in [0.4, 0.5) is 11.4 Å². The molecule has 0 aliphatic heterocycles. The van der Waals surface area contributed by atoms with Gasteiger partial charge in [-0.05, 0) is 47.5 Å². The Balaban J connectivity index is 1.30. The molecule has 0 spiro atoms. The van der Waals surface area contributed by atoms with Crippen molar-refractivity contribution in [2.75, 3.05) is 17.7 Å². The Morgan fingerprint density at radius 1 is 0.848 bits per heavy atom. The number of para-hydroxylation sites is 1. The minimum atomic E-state index is -0.255. The van der Waals surface area contributed by atoms with Crippen molar-refractivity contribution in [1.82, 2.24) is 9.55 Å². The number of rotatable bonds is 8. The summed E-state index contributed by atoms with van der Waals surface area (Å²) in [5, 5.41) is 5.73. The lowest BCUT2D eigenvalue weighted by molar-refractivity contribution is -0.115. The lowest BCUT2D eigenvalue weighted by Crippen LogP contribution is -2.14. The third kappa shape index (κ3) is 6.07. The third-order valence-corrected chi connectivity index (χ3v) is 5.02. The summed E-state index contributed by atoms with van der Waals surface area (Å²) >= 11 is 0. The predicted molar refractivity (Wildman–Crippen MR) is 127 cm³/mol. The summed E-state index contributed by atoms with van der Waals surface area (Å²) in [5.41, 5.74) is 3.74. The number of ether oxygens (including phenoxy) is 1. The zero-order chi connectivity index (χ0) is 23.0. The maximum Gasteiger partial charge on any atom is 0.275 e. The van der Waals surface area contributed by atoms with E-state index in [1.807, 2.05) is 83.4 Å². The van der Waals surface area contributed by atoms with Crippen molar-refractivity contribution in [1.29, 1.82) is 0 Å². The smallest absolute Gasteiger partial charge is 0.275 e. The molecule has 0 aliphatic carbocycles. The van der Waals surface area contributed by atoms with Crippen molar-refractivity contribution in [2.24, 2.45) is 0 Å². The van der Waals surface area contributed by atoms with Crippen molar-refractivity contribution in [3.63, 3.8) is 0 Å². The molecule has 4 aromatic rings. The Morgan fingerprint density at radius 3 is 2.21 bits per heavy atom. The molecule has 0 saturated heterocycles. The number of methoxy groups -OCH3 is 1. The Morgan fingerprint density at radius 2 is 1.52 bits per heavy atom. The number of nitrogens with one attached hydrogen (secondary N) is 2. The lowest BCUT2D eigenvalue weighted by atomic mass is 10.1. The van der Waals surface area contributed by atoms with Crippen molar-refractivity contribution >= 4 is 23.2 Å². The van der Waals surface area contributed by atoms with Crippen LogP contribution in [0, 0.1) is 0 Å². The molecule has 0 saturated carbocycles. The van der Waals surface area contributed by atoms with E-state index in [1.165, 1.54) is 0 Å². The highest BCUT2D eigenvalue weighted by molar-refractivity contribution is 6.02. The van der Waals surface area contributed by atoms with Crippen molar-refractivity contribution in [3.8, 4) is 5.75 Å². The van der Waals surface area contributed by atoms with Gasteiger partial charge < -0.3 is 19.9 Å². The average Bonchev–Trinajstić information content (AvgIpc) is 3.30. The average molecular weight is 441 g/mol. The molecule has 4 rings (SSSR count). The van der Waals surface area contributed by atoms with Crippen LogP contribution in [-0.4, -0.2) is 28.5 Å². The number of carbonyl (C=O) groups excluding carboxylic acids is 2. The molecule has 7 heteroatoms. The van der Waals surface area contributed by atoms with Crippen LogP contribution < -0.4 is 15.4 Å². The molecule has 0 atom stereocenters. The summed E-state index contributed by atoms with van der Waals surface area (Å²) in [6, 6.07) is 24.3. The van der Waals surface area contributed by atoms with Gasteiger partial charge in [-0.15, -0.1) is 0 Å². The van der Waals surface area contributed by atoms with Crippen LogP contribution >= 0.6 is 0 Å². The van der Waals surface area contributed by atoms with E-state index in [-0.39, 0.29) is 18.2 Å². The van der Waals surface area contributed by atoms with Gasteiger partial charge in [0.1, 0.15) is 11.4 Å². The van der Waals surface area contributed by atoms with Crippen LogP contribution in [0.2, 0.25) is 0 Å². The molecule has 7 nitrogen and oxygen atoms in total. The Labute approximate surface area is 192 Å². The lowest BCUT2D eigenvalue weighted by Gasteiger charge is -2.08. The molecule has 0 radical (unpaired) electrons. The number of hydrogen-bond donors (Lipinski definition) is 2. The first-order valence-corrected chi connectivity index (χ1v) is 10.5. The summed E-state index contributed by atoms with van der Waals surface area (Å²) in [4.78, 5) is 28.9. The zero-order valence-electron chi connectivity index (χ0n) is 18.2. The number of hydrogen-bond acceptors (Lipinski definition) is 4. The van der Waals surface area contributed by atoms with Crippen molar-refractivity contribution in [3.05, 3.63) is 108 Å². The molecule has 2 N–H and O–H groups in total. The Kier molecular flexibility index (Phi) is 6.80. The molecule has 3 aromatic carbocycles. The molecule has 33 heavy (non-hydrogen) atoms. The number of aromatic nitrogens is 2. The van der Waals surface area contributed by atoms with Crippen LogP contribution in [0.5, 0.6) is 5.75 Å². The summed E-state index contributed by atoms with van der Waals surface area (Å²) in [6.07, 6.45) is 3.63. The van der Waals surface area contributed by atoms with Gasteiger partial charge in [0.25, 0.3) is 5.91 Å². The van der Waals surface area contributed by atoms with Crippen LogP contribution in [-0.2, 0) is 17.8 Å². The largest absolute Gasteiger partial charge is 0.497 e. The molecular formula is C26H24N4O3. The molecule has 0 aliphatic rings. The van der Waals surface area contributed by atoms with Gasteiger partial charge in [0.05, 0.1) is 19.9 Å². The summed E-state index contributed by atoms with van der Waals surface area (Å²) in [6.45, 7) is 0.561. The number of carbonyl (C=O) groups is 2. The highest BCUT2D eigenvalue weighted by Crippen LogP contribution is 2.15. The first-order valence-electron chi connectivity index (χ1n) is 10.5. The molecule has 1 aromatic heterocycles. The fourth-order valence-electron chi connectivity index (χ4n) is 3.32. The normalized spacial score (nSPS) is 10.5. The van der Waals surface area contributed by atoms with Crippen molar-refractivity contribution < 1.29 is 14.3 Å². The van der Waals surface area contributed by atoms with Crippen LogP contribution in [0.25, 0.3) is 0 Å². The molecule has 0 bridgehead atoms. The van der Waals surface area contributed by atoms with Gasteiger partial charge in [-0.2, -0.15) is 0 Å².